The Bertz CT molecular complexity index is 1000. The van der Waals surface area contributed by atoms with Crippen LogP contribution in [0.25, 0.3) is 0 Å². The first kappa shape index (κ1) is 22.0. The van der Waals surface area contributed by atoms with Gasteiger partial charge in [-0.05, 0) is 50.1 Å². The van der Waals surface area contributed by atoms with Crippen molar-refractivity contribution in [2.24, 2.45) is 0 Å². The third-order valence-corrected chi connectivity index (χ3v) is 7.56. The van der Waals surface area contributed by atoms with Crippen LogP contribution in [0.2, 0.25) is 0 Å². The van der Waals surface area contributed by atoms with Crippen molar-refractivity contribution in [1.29, 1.82) is 0 Å². The predicted molar refractivity (Wildman–Crippen MR) is 123 cm³/mol. The molecule has 0 amide bonds. The molecule has 0 bridgehead atoms. The normalized spacial score (nSPS) is 21.4. The topological polar surface area (TPSA) is 64.6 Å². The summed E-state index contributed by atoms with van der Waals surface area (Å²) in [5, 5.41) is 7.42. The number of esters is 1. The van der Waals surface area contributed by atoms with Crippen molar-refractivity contribution in [3.8, 4) is 0 Å². The van der Waals surface area contributed by atoms with E-state index < -0.39 is 5.97 Å². The lowest BCUT2D eigenvalue weighted by Crippen LogP contribution is -2.36. The van der Waals surface area contributed by atoms with Gasteiger partial charge in [-0.1, -0.05) is 12.1 Å². The molecular weight excluding hydrogens is 430 g/mol. The van der Waals surface area contributed by atoms with Crippen molar-refractivity contribution in [3.05, 3.63) is 67.3 Å². The van der Waals surface area contributed by atoms with Gasteiger partial charge in [-0.25, -0.2) is 4.79 Å². The number of ether oxygens (including phenoxy) is 2. The number of carbonyl (C=O) groups excluding carboxylic acids is 2. The van der Waals surface area contributed by atoms with Crippen LogP contribution in [-0.4, -0.2) is 31.1 Å². The molecule has 4 rings (SSSR count). The van der Waals surface area contributed by atoms with Crippen LogP contribution in [0, 0.1) is 0 Å². The molecular formula is C24H27NO4S2. The first-order chi connectivity index (χ1) is 15.0. The van der Waals surface area contributed by atoms with Gasteiger partial charge in [-0.15, -0.1) is 22.7 Å². The Hall–Kier alpha value is -2.22. The van der Waals surface area contributed by atoms with Crippen LogP contribution in [0.4, 0.5) is 0 Å². The molecule has 31 heavy (non-hydrogen) atoms. The van der Waals surface area contributed by atoms with Gasteiger partial charge in [-0.2, -0.15) is 0 Å². The summed E-state index contributed by atoms with van der Waals surface area (Å²) in [5.74, 6) is -0.495. The quantitative estimate of drug-likeness (QED) is 0.461. The number of dihydropyridines is 1. The SMILES string of the molecule is CC1=C(C(=O)OCCOC(C)C)[C@@H](c2cccs2)C2=C(C[C@H](c3cccs3)CC2=O)N1. The number of hydrogen-bond donors (Lipinski definition) is 1. The molecule has 3 heterocycles. The molecule has 1 aliphatic heterocycles. The standard InChI is InChI=1S/C24H27NO4S2/c1-14(2)28-8-9-29-24(27)21-15(3)25-17-12-16(19-6-4-10-30-19)13-18(26)22(17)23(21)20-7-5-11-31-20/h4-7,10-11,14,16,23,25H,8-9,12-13H2,1-3H3/t16-,23+/m0/s1. The number of allylic oxidation sites excluding steroid dienone is 3. The van der Waals surface area contributed by atoms with Crippen LogP contribution in [0.15, 0.2) is 57.6 Å². The zero-order valence-corrected chi connectivity index (χ0v) is 19.6. The second-order valence-corrected chi connectivity index (χ2v) is 10.1. The van der Waals surface area contributed by atoms with Crippen LogP contribution in [-0.2, 0) is 19.1 Å². The number of rotatable bonds is 7. The fraction of sp³-hybridized carbons (Fsp3) is 0.417. The third-order valence-electron chi connectivity index (χ3n) is 5.59. The molecule has 2 aromatic rings. The van der Waals surface area contributed by atoms with Crippen molar-refractivity contribution >= 4 is 34.4 Å². The molecule has 7 heteroatoms. The Balaban J connectivity index is 1.63. The first-order valence-corrected chi connectivity index (χ1v) is 12.3. The fourth-order valence-electron chi connectivity index (χ4n) is 4.27. The van der Waals surface area contributed by atoms with E-state index in [1.807, 2.05) is 44.4 Å². The Morgan fingerprint density at radius 2 is 1.84 bits per heavy atom. The van der Waals surface area contributed by atoms with Crippen molar-refractivity contribution in [2.45, 2.75) is 51.6 Å². The maximum absolute atomic E-state index is 13.4. The van der Waals surface area contributed by atoms with Gasteiger partial charge >= 0.3 is 5.97 Å². The summed E-state index contributed by atoms with van der Waals surface area (Å²) in [6.45, 7) is 6.31. The summed E-state index contributed by atoms with van der Waals surface area (Å²) in [6, 6.07) is 8.07. The predicted octanol–water partition coefficient (Wildman–Crippen LogP) is 5.14. The number of Topliss-reactive ketones (excluding diaryl/α,β-unsaturated/α-hetero) is 1. The highest BCUT2D eigenvalue weighted by Gasteiger charge is 2.41. The lowest BCUT2D eigenvalue weighted by molar-refractivity contribution is -0.141. The van der Waals surface area contributed by atoms with Crippen LogP contribution < -0.4 is 5.32 Å². The molecule has 2 aliphatic rings. The Kier molecular flexibility index (Phi) is 6.74. The summed E-state index contributed by atoms with van der Waals surface area (Å²) >= 11 is 3.25. The second-order valence-electron chi connectivity index (χ2n) is 8.10. The van der Waals surface area contributed by atoms with Crippen LogP contribution in [0.5, 0.6) is 0 Å². The zero-order valence-electron chi connectivity index (χ0n) is 18.0. The Labute approximate surface area is 190 Å². The molecule has 0 saturated carbocycles. The average Bonchev–Trinajstić information content (AvgIpc) is 3.44. The van der Waals surface area contributed by atoms with Gasteiger partial charge in [-0.3, -0.25) is 4.79 Å². The van der Waals surface area contributed by atoms with Crippen LogP contribution >= 0.6 is 22.7 Å². The van der Waals surface area contributed by atoms with Gasteiger partial charge in [0.1, 0.15) is 6.61 Å². The van der Waals surface area contributed by atoms with E-state index in [1.165, 1.54) is 4.88 Å². The van der Waals surface area contributed by atoms with Gasteiger partial charge < -0.3 is 14.8 Å². The second kappa shape index (κ2) is 9.51. The van der Waals surface area contributed by atoms with Gasteiger partial charge in [0, 0.05) is 39.1 Å². The van der Waals surface area contributed by atoms with E-state index in [9.17, 15) is 9.59 Å². The van der Waals surface area contributed by atoms with E-state index in [2.05, 4.69) is 16.8 Å². The number of hydrogen-bond acceptors (Lipinski definition) is 7. The minimum atomic E-state index is -0.393. The smallest absolute Gasteiger partial charge is 0.336 e. The number of thiophene rings is 2. The molecule has 2 aromatic heterocycles. The lowest BCUT2D eigenvalue weighted by Gasteiger charge is -2.35. The number of ketones is 1. The summed E-state index contributed by atoms with van der Waals surface area (Å²) in [4.78, 5) is 28.7. The van der Waals surface area contributed by atoms with Crippen molar-refractivity contribution in [2.75, 3.05) is 13.2 Å². The summed E-state index contributed by atoms with van der Waals surface area (Å²) in [7, 11) is 0. The van der Waals surface area contributed by atoms with E-state index >= 15 is 0 Å². The van der Waals surface area contributed by atoms with E-state index in [4.69, 9.17) is 9.47 Å². The maximum Gasteiger partial charge on any atom is 0.336 e. The minimum absolute atomic E-state index is 0.0822. The Morgan fingerprint density at radius 1 is 1.13 bits per heavy atom. The van der Waals surface area contributed by atoms with Gasteiger partial charge in [0.25, 0.3) is 0 Å². The highest BCUT2D eigenvalue weighted by atomic mass is 32.1. The average molecular weight is 458 g/mol. The number of carbonyl (C=O) groups is 2. The van der Waals surface area contributed by atoms with Crippen molar-refractivity contribution < 1.29 is 19.1 Å². The molecule has 164 valence electrons. The fourth-order valence-corrected chi connectivity index (χ4v) is 5.94. The Morgan fingerprint density at radius 3 is 2.48 bits per heavy atom. The summed E-state index contributed by atoms with van der Waals surface area (Å²) in [5.41, 5.74) is 2.93. The molecule has 5 nitrogen and oxygen atoms in total. The molecule has 0 radical (unpaired) electrons. The molecule has 0 fully saturated rings. The number of nitrogens with one attached hydrogen (secondary N) is 1. The molecule has 1 N–H and O–H groups in total. The summed E-state index contributed by atoms with van der Waals surface area (Å²) < 4.78 is 11.0. The molecule has 1 aliphatic carbocycles. The van der Waals surface area contributed by atoms with Gasteiger partial charge in [0.2, 0.25) is 0 Å². The van der Waals surface area contributed by atoms with E-state index in [-0.39, 0.29) is 30.3 Å². The zero-order chi connectivity index (χ0) is 22.0. The monoisotopic (exact) mass is 457 g/mol. The lowest BCUT2D eigenvalue weighted by atomic mass is 9.74. The van der Waals surface area contributed by atoms with E-state index in [1.54, 1.807) is 22.7 Å². The van der Waals surface area contributed by atoms with Gasteiger partial charge in [0.05, 0.1) is 24.2 Å². The molecule has 0 saturated heterocycles. The highest BCUT2D eigenvalue weighted by Crippen LogP contribution is 2.47. The van der Waals surface area contributed by atoms with Crippen LogP contribution in [0.3, 0.4) is 0 Å². The molecule has 0 spiro atoms. The van der Waals surface area contributed by atoms with Crippen molar-refractivity contribution in [3.63, 3.8) is 0 Å². The largest absolute Gasteiger partial charge is 0.460 e. The van der Waals surface area contributed by atoms with Crippen molar-refractivity contribution in [1.82, 2.24) is 5.32 Å². The summed E-state index contributed by atoms with van der Waals surface area (Å²) in [6.07, 6.45) is 1.32. The maximum atomic E-state index is 13.4. The van der Waals surface area contributed by atoms with Crippen LogP contribution in [0.1, 0.15) is 55.2 Å². The molecule has 0 unspecified atom stereocenters. The highest BCUT2D eigenvalue weighted by molar-refractivity contribution is 7.10. The van der Waals surface area contributed by atoms with E-state index in [0.717, 1.165) is 22.7 Å². The molecule has 0 aromatic carbocycles. The van der Waals surface area contributed by atoms with E-state index in [0.29, 0.717) is 24.2 Å². The molecule has 2 atom stereocenters. The first-order valence-electron chi connectivity index (χ1n) is 10.5. The van der Waals surface area contributed by atoms with Gasteiger partial charge in [0.15, 0.2) is 5.78 Å². The minimum Gasteiger partial charge on any atom is -0.460 e. The third kappa shape index (κ3) is 4.68.